The van der Waals surface area contributed by atoms with E-state index in [0.717, 1.165) is 29.1 Å². The van der Waals surface area contributed by atoms with Crippen molar-refractivity contribution < 1.29 is 14.7 Å². The highest BCUT2D eigenvalue weighted by molar-refractivity contribution is 7.10. The van der Waals surface area contributed by atoms with Gasteiger partial charge < -0.3 is 14.9 Å². The minimum Gasteiger partial charge on any atom is -0.373 e. The van der Waals surface area contributed by atoms with E-state index in [-0.39, 0.29) is 17.9 Å². The Kier molecular flexibility index (Phi) is 5.48. The molecule has 0 spiro atoms. The van der Waals surface area contributed by atoms with Crippen LogP contribution in [-0.2, 0) is 9.59 Å². The van der Waals surface area contributed by atoms with Gasteiger partial charge in [0.15, 0.2) is 0 Å². The van der Waals surface area contributed by atoms with Crippen molar-refractivity contribution in [3.8, 4) is 0 Å². The molecule has 1 aromatic carbocycles. The first-order valence-electron chi connectivity index (χ1n) is 9.67. The van der Waals surface area contributed by atoms with Crippen molar-refractivity contribution in [3.05, 3.63) is 52.2 Å². The molecular weight excluding hydrogens is 374 g/mol. The zero-order valence-corrected chi connectivity index (χ0v) is 16.8. The molecule has 0 saturated carbocycles. The summed E-state index contributed by atoms with van der Waals surface area (Å²) in [6.07, 6.45) is 0.806. The Morgan fingerprint density at radius 1 is 1.21 bits per heavy atom. The maximum absolute atomic E-state index is 12.3. The van der Waals surface area contributed by atoms with Crippen molar-refractivity contribution in [1.29, 1.82) is 0 Å². The molecule has 0 radical (unpaired) electrons. The van der Waals surface area contributed by atoms with E-state index >= 15 is 0 Å². The number of carbonyl (C=O) groups is 2. The van der Waals surface area contributed by atoms with Gasteiger partial charge in [-0.2, -0.15) is 0 Å². The average Bonchev–Trinajstić information content (AvgIpc) is 3.39. The van der Waals surface area contributed by atoms with Crippen molar-refractivity contribution in [1.82, 2.24) is 9.80 Å². The van der Waals surface area contributed by atoms with Gasteiger partial charge in [0.05, 0.1) is 6.04 Å². The molecule has 2 saturated heterocycles. The van der Waals surface area contributed by atoms with Crippen molar-refractivity contribution in [3.63, 3.8) is 0 Å². The summed E-state index contributed by atoms with van der Waals surface area (Å²) in [5.74, 6) is 0.178. The van der Waals surface area contributed by atoms with Gasteiger partial charge in [0.1, 0.15) is 6.23 Å². The molecule has 2 aliphatic heterocycles. The van der Waals surface area contributed by atoms with Gasteiger partial charge >= 0.3 is 0 Å². The lowest BCUT2D eigenvalue weighted by molar-refractivity contribution is -0.137. The number of thiophene rings is 1. The number of benzene rings is 1. The third-order valence-electron chi connectivity index (χ3n) is 5.60. The highest BCUT2D eigenvalue weighted by Gasteiger charge is 2.34. The number of aliphatic hydroxyl groups excluding tert-OH is 1. The van der Waals surface area contributed by atoms with Crippen molar-refractivity contribution >= 4 is 28.8 Å². The van der Waals surface area contributed by atoms with Gasteiger partial charge in [-0.15, -0.1) is 11.3 Å². The summed E-state index contributed by atoms with van der Waals surface area (Å²) in [5, 5.41) is 12.7. The second kappa shape index (κ2) is 8.03. The summed E-state index contributed by atoms with van der Waals surface area (Å²) in [4.78, 5) is 31.0. The Balaban J connectivity index is 1.60. The standard InChI is InChI=1S/C21H25N3O3S/c1-15(25)23-11-10-22(21(27)19-7-4-12-28-19)14-18(23)16-5-2-6-17(13-16)24-9-3-8-20(24)26/h2,4-7,12-13,18,21,27H,3,8-11,14H2,1H3. The second-order valence-electron chi connectivity index (χ2n) is 7.36. The molecule has 0 bridgehead atoms. The first-order chi connectivity index (χ1) is 13.5. The fourth-order valence-corrected chi connectivity index (χ4v) is 4.87. The summed E-state index contributed by atoms with van der Waals surface area (Å²) >= 11 is 1.53. The summed E-state index contributed by atoms with van der Waals surface area (Å²) in [6, 6.07) is 11.6. The van der Waals surface area contributed by atoms with E-state index in [9.17, 15) is 14.7 Å². The molecule has 1 aromatic heterocycles. The third-order valence-corrected chi connectivity index (χ3v) is 6.51. The van der Waals surface area contributed by atoms with Crippen LogP contribution < -0.4 is 4.90 Å². The lowest BCUT2D eigenvalue weighted by atomic mass is 10.0. The Hall–Kier alpha value is -2.22. The molecule has 148 valence electrons. The Labute approximate surface area is 169 Å². The lowest BCUT2D eigenvalue weighted by Crippen LogP contribution is -2.50. The molecule has 2 atom stereocenters. The van der Waals surface area contributed by atoms with E-state index in [0.29, 0.717) is 26.1 Å². The number of anilines is 1. The number of carbonyl (C=O) groups excluding carboxylic acids is 2. The topological polar surface area (TPSA) is 64.1 Å². The van der Waals surface area contributed by atoms with Gasteiger partial charge in [0.25, 0.3) is 0 Å². The monoisotopic (exact) mass is 399 g/mol. The number of amides is 2. The molecule has 6 nitrogen and oxygen atoms in total. The predicted molar refractivity (Wildman–Crippen MR) is 109 cm³/mol. The molecule has 2 fully saturated rings. The Morgan fingerprint density at radius 2 is 2.07 bits per heavy atom. The van der Waals surface area contributed by atoms with Crippen LogP contribution in [0.25, 0.3) is 0 Å². The van der Waals surface area contributed by atoms with Crippen LogP contribution in [0.1, 0.15) is 42.5 Å². The average molecular weight is 400 g/mol. The molecule has 2 aliphatic rings. The van der Waals surface area contributed by atoms with Gasteiger partial charge in [0, 0.05) is 50.1 Å². The first-order valence-corrected chi connectivity index (χ1v) is 10.6. The van der Waals surface area contributed by atoms with E-state index < -0.39 is 6.23 Å². The van der Waals surface area contributed by atoms with Crippen molar-refractivity contribution in [2.45, 2.75) is 32.0 Å². The van der Waals surface area contributed by atoms with Gasteiger partial charge in [-0.1, -0.05) is 18.2 Å². The molecular formula is C21H25N3O3S. The van der Waals surface area contributed by atoms with Crippen LogP contribution in [0.2, 0.25) is 0 Å². The van der Waals surface area contributed by atoms with Gasteiger partial charge in [0.2, 0.25) is 11.8 Å². The SMILES string of the molecule is CC(=O)N1CCN(C(O)c2cccs2)CC1c1cccc(N2CCCC2=O)c1. The molecule has 2 amide bonds. The fourth-order valence-electron chi connectivity index (χ4n) is 4.13. The van der Waals surface area contributed by atoms with E-state index in [1.807, 2.05) is 56.5 Å². The van der Waals surface area contributed by atoms with E-state index in [1.54, 1.807) is 6.92 Å². The number of piperazine rings is 1. The summed E-state index contributed by atoms with van der Waals surface area (Å²) < 4.78 is 0. The fraction of sp³-hybridized carbons (Fsp3) is 0.429. The molecule has 1 N–H and O–H groups in total. The summed E-state index contributed by atoms with van der Waals surface area (Å²) in [6.45, 7) is 4.07. The van der Waals surface area contributed by atoms with E-state index in [1.165, 1.54) is 11.3 Å². The zero-order chi connectivity index (χ0) is 19.7. The van der Waals surface area contributed by atoms with Crippen LogP contribution in [0.5, 0.6) is 0 Å². The smallest absolute Gasteiger partial charge is 0.227 e. The zero-order valence-electron chi connectivity index (χ0n) is 16.0. The van der Waals surface area contributed by atoms with Crippen LogP contribution >= 0.6 is 11.3 Å². The second-order valence-corrected chi connectivity index (χ2v) is 8.34. The lowest BCUT2D eigenvalue weighted by Gasteiger charge is -2.43. The van der Waals surface area contributed by atoms with Gasteiger partial charge in [-0.05, 0) is 35.6 Å². The third kappa shape index (κ3) is 3.70. The maximum atomic E-state index is 12.3. The van der Waals surface area contributed by atoms with Crippen molar-refractivity contribution in [2.24, 2.45) is 0 Å². The molecule has 7 heteroatoms. The highest BCUT2D eigenvalue weighted by Crippen LogP contribution is 2.33. The number of aliphatic hydroxyl groups is 1. The quantitative estimate of drug-likeness (QED) is 0.859. The van der Waals surface area contributed by atoms with Crippen LogP contribution in [0.3, 0.4) is 0 Å². The Bertz CT molecular complexity index is 854. The van der Waals surface area contributed by atoms with Crippen molar-refractivity contribution in [2.75, 3.05) is 31.1 Å². The molecule has 2 unspecified atom stereocenters. The molecule has 2 aromatic rings. The normalized spacial score (nSPS) is 21.9. The number of rotatable bonds is 4. The molecule has 3 heterocycles. The predicted octanol–water partition coefficient (Wildman–Crippen LogP) is 2.77. The first kappa shape index (κ1) is 19.1. The molecule has 4 rings (SSSR count). The van der Waals surface area contributed by atoms with Crippen LogP contribution in [-0.4, -0.2) is 52.9 Å². The minimum absolute atomic E-state index is 0.0258. The van der Waals surface area contributed by atoms with E-state index in [2.05, 4.69) is 0 Å². The van der Waals surface area contributed by atoms with E-state index in [4.69, 9.17) is 0 Å². The largest absolute Gasteiger partial charge is 0.373 e. The summed E-state index contributed by atoms with van der Waals surface area (Å²) in [7, 11) is 0. The van der Waals surface area contributed by atoms with Gasteiger partial charge in [-0.3, -0.25) is 14.5 Å². The number of hydrogen-bond acceptors (Lipinski definition) is 5. The molecule has 0 aliphatic carbocycles. The highest BCUT2D eigenvalue weighted by atomic mass is 32.1. The van der Waals surface area contributed by atoms with Crippen LogP contribution in [0.4, 0.5) is 5.69 Å². The van der Waals surface area contributed by atoms with Crippen LogP contribution in [0, 0.1) is 0 Å². The number of nitrogens with zero attached hydrogens (tertiary/aromatic N) is 3. The van der Waals surface area contributed by atoms with Gasteiger partial charge in [-0.25, -0.2) is 0 Å². The number of hydrogen-bond donors (Lipinski definition) is 1. The Morgan fingerprint density at radius 3 is 2.75 bits per heavy atom. The van der Waals surface area contributed by atoms with Crippen LogP contribution in [0.15, 0.2) is 41.8 Å². The summed E-state index contributed by atoms with van der Waals surface area (Å²) in [5.41, 5.74) is 1.88. The minimum atomic E-state index is -0.667. The molecule has 28 heavy (non-hydrogen) atoms. The maximum Gasteiger partial charge on any atom is 0.227 e.